The van der Waals surface area contributed by atoms with Crippen molar-refractivity contribution in [3.05, 3.63) is 71.3 Å². The third-order valence-corrected chi connectivity index (χ3v) is 5.70. The molecule has 4 aromatic rings. The Labute approximate surface area is 173 Å². The molecule has 152 valence electrons. The zero-order valence-corrected chi connectivity index (χ0v) is 16.8. The molecule has 0 aromatic carbocycles. The van der Waals surface area contributed by atoms with Gasteiger partial charge in [0, 0.05) is 61.5 Å². The molecule has 5 rings (SSSR count). The molecule has 0 unspecified atom stereocenters. The highest BCUT2D eigenvalue weighted by Crippen LogP contribution is 2.25. The summed E-state index contributed by atoms with van der Waals surface area (Å²) in [6.45, 7) is 4.56. The van der Waals surface area contributed by atoms with Crippen molar-refractivity contribution in [2.45, 2.75) is 26.3 Å². The highest BCUT2D eigenvalue weighted by atomic mass is 16.1. The molecular weight excluding hydrogens is 378 g/mol. The SMILES string of the molecule is Cc1cc(N2CCC(Cn3cnc(-c4cccnc4)cc3=O)CC2)n2nccc2n1. The van der Waals surface area contributed by atoms with E-state index in [9.17, 15) is 4.79 Å². The Balaban J connectivity index is 1.27. The molecule has 0 amide bonds. The maximum atomic E-state index is 12.6. The predicted octanol–water partition coefficient (Wildman–Crippen LogP) is 2.57. The maximum absolute atomic E-state index is 12.6. The lowest BCUT2D eigenvalue weighted by Gasteiger charge is -2.33. The Kier molecular flexibility index (Phi) is 4.74. The van der Waals surface area contributed by atoms with Crippen molar-refractivity contribution in [3.63, 3.8) is 0 Å². The van der Waals surface area contributed by atoms with Crippen LogP contribution in [0.15, 0.2) is 60.0 Å². The zero-order valence-electron chi connectivity index (χ0n) is 16.8. The summed E-state index contributed by atoms with van der Waals surface area (Å²) in [6.07, 6.45) is 8.91. The molecular formula is C22H23N7O. The lowest BCUT2D eigenvalue weighted by molar-refractivity contribution is 0.349. The Bertz CT molecular complexity index is 1220. The van der Waals surface area contributed by atoms with Crippen molar-refractivity contribution in [2.24, 2.45) is 5.92 Å². The molecule has 0 radical (unpaired) electrons. The van der Waals surface area contributed by atoms with Crippen LogP contribution in [0.1, 0.15) is 18.5 Å². The first kappa shape index (κ1) is 18.5. The fourth-order valence-electron chi connectivity index (χ4n) is 4.10. The van der Waals surface area contributed by atoms with Crippen LogP contribution in [0, 0.1) is 12.8 Å². The summed E-state index contributed by atoms with van der Waals surface area (Å²) < 4.78 is 3.63. The summed E-state index contributed by atoms with van der Waals surface area (Å²) in [5.41, 5.74) is 3.36. The molecule has 0 atom stereocenters. The summed E-state index contributed by atoms with van der Waals surface area (Å²) in [5, 5.41) is 4.42. The molecule has 0 aliphatic carbocycles. The Hall–Kier alpha value is -3.55. The molecule has 8 heteroatoms. The number of rotatable bonds is 4. The number of aryl methyl sites for hydroxylation is 1. The van der Waals surface area contributed by atoms with E-state index in [4.69, 9.17) is 0 Å². The van der Waals surface area contributed by atoms with Gasteiger partial charge < -0.3 is 4.90 Å². The van der Waals surface area contributed by atoms with Gasteiger partial charge in [-0.1, -0.05) is 0 Å². The quantitative estimate of drug-likeness (QED) is 0.523. The summed E-state index contributed by atoms with van der Waals surface area (Å²) >= 11 is 0. The van der Waals surface area contributed by atoms with Crippen molar-refractivity contribution >= 4 is 11.5 Å². The fourth-order valence-corrected chi connectivity index (χ4v) is 4.10. The number of pyridine rings is 1. The third kappa shape index (κ3) is 3.56. The zero-order chi connectivity index (χ0) is 20.5. The van der Waals surface area contributed by atoms with Crippen LogP contribution in [-0.4, -0.2) is 42.2 Å². The van der Waals surface area contributed by atoms with Crippen molar-refractivity contribution in [1.29, 1.82) is 0 Å². The molecule has 1 saturated heterocycles. The van der Waals surface area contributed by atoms with Crippen LogP contribution in [0.2, 0.25) is 0 Å². The Morgan fingerprint density at radius 3 is 2.77 bits per heavy atom. The summed E-state index contributed by atoms with van der Waals surface area (Å²) in [4.78, 5) is 28.1. The Morgan fingerprint density at radius 1 is 1.13 bits per heavy atom. The lowest BCUT2D eigenvalue weighted by atomic mass is 9.96. The maximum Gasteiger partial charge on any atom is 0.253 e. The van der Waals surface area contributed by atoms with Gasteiger partial charge in [0.2, 0.25) is 0 Å². The van der Waals surface area contributed by atoms with Crippen molar-refractivity contribution < 1.29 is 0 Å². The normalized spacial score (nSPS) is 15.0. The van der Waals surface area contributed by atoms with E-state index in [1.165, 1.54) is 0 Å². The molecule has 0 bridgehead atoms. The van der Waals surface area contributed by atoms with Gasteiger partial charge >= 0.3 is 0 Å². The molecule has 1 aliphatic rings. The minimum absolute atomic E-state index is 0.0192. The van der Waals surface area contributed by atoms with Gasteiger partial charge in [-0.05, 0) is 37.8 Å². The first-order chi connectivity index (χ1) is 14.7. The second kappa shape index (κ2) is 7.70. The van der Waals surface area contributed by atoms with E-state index in [0.717, 1.165) is 48.7 Å². The Morgan fingerprint density at radius 2 is 2.00 bits per heavy atom. The predicted molar refractivity (Wildman–Crippen MR) is 114 cm³/mol. The molecule has 0 spiro atoms. The minimum Gasteiger partial charge on any atom is -0.356 e. The summed E-state index contributed by atoms with van der Waals surface area (Å²) in [6, 6.07) is 9.37. The van der Waals surface area contributed by atoms with Crippen LogP contribution < -0.4 is 10.5 Å². The van der Waals surface area contributed by atoms with Crippen molar-refractivity contribution in [2.75, 3.05) is 18.0 Å². The van der Waals surface area contributed by atoms with Crippen molar-refractivity contribution in [1.82, 2.24) is 29.1 Å². The van der Waals surface area contributed by atoms with Crippen LogP contribution in [-0.2, 0) is 6.54 Å². The van der Waals surface area contributed by atoms with E-state index in [1.54, 1.807) is 35.6 Å². The number of hydrogen-bond donors (Lipinski definition) is 0. The number of piperidine rings is 1. The number of nitrogens with zero attached hydrogens (tertiary/aromatic N) is 7. The molecule has 4 aromatic heterocycles. The standard InChI is InChI=1S/C22H23N7O/c1-16-11-21(29-20(26-16)4-8-25-29)27-9-5-17(6-10-27)14-28-15-24-19(12-22(28)30)18-3-2-7-23-13-18/h2-4,7-8,11-13,15,17H,5-6,9-10,14H2,1H3. The molecule has 1 aliphatic heterocycles. The van der Waals surface area contributed by atoms with E-state index in [0.29, 0.717) is 18.2 Å². The number of hydrogen-bond acceptors (Lipinski definition) is 6. The van der Waals surface area contributed by atoms with Crippen LogP contribution in [0.5, 0.6) is 0 Å². The molecule has 30 heavy (non-hydrogen) atoms. The van der Waals surface area contributed by atoms with Gasteiger partial charge in [-0.25, -0.2) is 9.97 Å². The molecule has 0 saturated carbocycles. The largest absolute Gasteiger partial charge is 0.356 e. The fraction of sp³-hybridized carbons (Fsp3) is 0.318. The van der Waals surface area contributed by atoms with Gasteiger partial charge in [-0.2, -0.15) is 9.61 Å². The average molecular weight is 401 g/mol. The molecule has 1 fully saturated rings. The number of aromatic nitrogens is 6. The van der Waals surface area contributed by atoms with E-state index in [-0.39, 0.29) is 5.56 Å². The smallest absolute Gasteiger partial charge is 0.253 e. The van der Waals surface area contributed by atoms with E-state index < -0.39 is 0 Å². The van der Waals surface area contributed by atoms with Gasteiger partial charge in [0.1, 0.15) is 5.82 Å². The summed E-state index contributed by atoms with van der Waals surface area (Å²) in [5.74, 6) is 1.53. The highest BCUT2D eigenvalue weighted by Gasteiger charge is 2.22. The second-order valence-electron chi connectivity index (χ2n) is 7.79. The summed E-state index contributed by atoms with van der Waals surface area (Å²) in [7, 11) is 0. The third-order valence-electron chi connectivity index (χ3n) is 5.70. The second-order valence-corrected chi connectivity index (χ2v) is 7.79. The number of anilines is 1. The van der Waals surface area contributed by atoms with Crippen LogP contribution in [0.3, 0.4) is 0 Å². The number of fused-ring (bicyclic) bond motifs is 1. The van der Waals surface area contributed by atoms with E-state index in [2.05, 4.69) is 31.0 Å². The first-order valence-corrected chi connectivity index (χ1v) is 10.2. The highest BCUT2D eigenvalue weighted by molar-refractivity contribution is 5.56. The van der Waals surface area contributed by atoms with Gasteiger partial charge in [0.15, 0.2) is 5.65 Å². The van der Waals surface area contributed by atoms with Gasteiger partial charge in [-0.15, -0.1) is 0 Å². The molecule has 0 N–H and O–H groups in total. The van der Waals surface area contributed by atoms with E-state index in [1.807, 2.05) is 29.6 Å². The van der Waals surface area contributed by atoms with Gasteiger partial charge in [0.05, 0.1) is 18.2 Å². The topological polar surface area (TPSA) is 81.2 Å². The van der Waals surface area contributed by atoms with Crippen molar-refractivity contribution in [3.8, 4) is 11.3 Å². The lowest BCUT2D eigenvalue weighted by Crippen LogP contribution is -2.37. The van der Waals surface area contributed by atoms with Crippen LogP contribution >= 0.6 is 0 Å². The van der Waals surface area contributed by atoms with Crippen LogP contribution in [0.4, 0.5) is 5.82 Å². The molecule has 5 heterocycles. The minimum atomic E-state index is -0.0192. The van der Waals surface area contributed by atoms with E-state index >= 15 is 0 Å². The van der Waals surface area contributed by atoms with Gasteiger partial charge in [-0.3, -0.25) is 14.3 Å². The van der Waals surface area contributed by atoms with Crippen LogP contribution in [0.25, 0.3) is 16.9 Å². The average Bonchev–Trinajstić information content (AvgIpc) is 3.24. The van der Waals surface area contributed by atoms with Gasteiger partial charge in [0.25, 0.3) is 5.56 Å². The monoisotopic (exact) mass is 401 g/mol. The first-order valence-electron chi connectivity index (χ1n) is 10.2. The molecule has 8 nitrogen and oxygen atoms in total.